The number of hydrogen-bond acceptors (Lipinski definition) is 6. The van der Waals surface area contributed by atoms with Gasteiger partial charge in [0.25, 0.3) is 0 Å². The average Bonchev–Trinajstić information content (AvgIpc) is 3.03. The summed E-state index contributed by atoms with van der Waals surface area (Å²) in [6.45, 7) is 8.28. The number of rotatable bonds is 12. The van der Waals surface area contributed by atoms with Gasteiger partial charge in [0.15, 0.2) is 5.78 Å². The molecule has 1 aromatic carbocycles. The smallest absolute Gasteiger partial charge is 0.305 e. The van der Waals surface area contributed by atoms with Crippen LogP contribution in [0.1, 0.15) is 57.9 Å². The molecular formula is C24H32O6. The van der Waals surface area contributed by atoms with Crippen LogP contribution in [0.4, 0.5) is 0 Å². The molecular weight excluding hydrogens is 384 g/mol. The summed E-state index contributed by atoms with van der Waals surface area (Å²) in [5.74, 6) is -0.676. The Bertz CT molecular complexity index is 719. The van der Waals surface area contributed by atoms with Crippen molar-refractivity contribution < 1.29 is 28.6 Å². The first kappa shape index (κ1) is 23.8. The molecule has 0 radical (unpaired) electrons. The zero-order valence-electron chi connectivity index (χ0n) is 18.0. The third kappa shape index (κ3) is 6.26. The van der Waals surface area contributed by atoms with E-state index in [1.54, 1.807) is 19.9 Å². The fourth-order valence-electron chi connectivity index (χ4n) is 4.05. The SMILES string of the molecule is C=CC1(OCc2ccccc2)CC(CCC(=O)OCC)(CCC(=O)OCC)CC1=O. The molecule has 164 valence electrons. The number of hydrogen-bond donors (Lipinski definition) is 0. The Hall–Kier alpha value is -2.47. The van der Waals surface area contributed by atoms with Gasteiger partial charge in [0.2, 0.25) is 0 Å². The molecule has 1 saturated carbocycles. The second-order valence-electron chi connectivity index (χ2n) is 7.75. The summed E-state index contributed by atoms with van der Waals surface area (Å²) in [7, 11) is 0. The summed E-state index contributed by atoms with van der Waals surface area (Å²) in [5, 5.41) is 0. The summed E-state index contributed by atoms with van der Waals surface area (Å²) in [4.78, 5) is 37.0. The molecule has 1 aliphatic carbocycles. The van der Waals surface area contributed by atoms with Crippen molar-refractivity contribution in [2.45, 2.75) is 64.6 Å². The van der Waals surface area contributed by atoms with Gasteiger partial charge < -0.3 is 14.2 Å². The first-order valence-corrected chi connectivity index (χ1v) is 10.5. The summed E-state index contributed by atoms with van der Waals surface area (Å²) in [6.07, 6.45) is 3.45. The lowest BCUT2D eigenvalue weighted by Crippen LogP contribution is -2.35. The van der Waals surface area contributed by atoms with Gasteiger partial charge in [-0.05, 0) is 44.1 Å². The zero-order chi connectivity index (χ0) is 22.0. The van der Waals surface area contributed by atoms with E-state index < -0.39 is 11.0 Å². The van der Waals surface area contributed by atoms with Crippen LogP contribution in [0.5, 0.6) is 0 Å². The molecule has 0 aromatic heterocycles. The molecule has 6 heteroatoms. The summed E-state index contributed by atoms with van der Waals surface area (Å²) < 4.78 is 16.2. The van der Waals surface area contributed by atoms with E-state index in [0.29, 0.717) is 32.5 Å². The van der Waals surface area contributed by atoms with E-state index in [9.17, 15) is 14.4 Å². The van der Waals surface area contributed by atoms with Crippen molar-refractivity contribution in [3.63, 3.8) is 0 Å². The van der Waals surface area contributed by atoms with Gasteiger partial charge in [-0.15, -0.1) is 0 Å². The molecule has 0 bridgehead atoms. The standard InChI is InChI=1S/C24H32O6/c1-4-24(30-17-19-10-8-7-9-11-19)18-23(16-20(24)25,14-12-21(26)28-5-2)15-13-22(27)29-6-3/h4,7-11H,1,5-6,12-18H2,2-3H3. The normalized spacial score (nSPS) is 20.0. The number of carbonyl (C=O) groups is 3. The van der Waals surface area contributed by atoms with Crippen molar-refractivity contribution >= 4 is 17.7 Å². The molecule has 1 aromatic rings. The molecule has 1 unspecified atom stereocenters. The minimum absolute atomic E-state index is 0.0684. The molecule has 0 aliphatic heterocycles. The van der Waals surface area contributed by atoms with Crippen LogP contribution in [0.15, 0.2) is 43.0 Å². The predicted octanol–water partition coefficient (Wildman–Crippen LogP) is 4.16. The first-order chi connectivity index (χ1) is 14.4. The quantitative estimate of drug-likeness (QED) is 0.376. The zero-order valence-corrected chi connectivity index (χ0v) is 18.0. The van der Waals surface area contributed by atoms with Gasteiger partial charge in [-0.25, -0.2) is 0 Å². The Labute approximate surface area is 178 Å². The van der Waals surface area contributed by atoms with Crippen LogP contribution in [0, 0.1) is 5.41 Å². The summed E-state index contributed by atoms with van der Waals surface area (Å²) in [6, 6.07) is 9.62. The van der Waals surface area contributed by atoms with Crippen LogP contribution >= 0.6 is 0 Å². The molecule has 0 N–H and O–H groups in total. The molecule has 1 aliphatic rings. The Kier molecular flexibility index (Phi) is 8.78. The van der Waals surface area contributed by atoms with Crippen molar-refractivity contribution in [3.8, 4) is 0 Å². The number of benzene rings is 1. The van der Waals surface area contributed by atoms with Crippen LogP contribution < -0.4 is 0 Å². The van der Waals surface area contributed by atoms with E-state index in [1.807, 2.05) is 30.3 Å². The molecule has 0 amide bonds. The molecule has 1 atom stereocenters. The Morgan fingerprint density at radius 3 is 2.10 bits per heavy atom. The number of carbonyl (C=O) groups excluding carboxylic acids is 3. The minimum Gasteiger partial charge on any atom is -0.466 e. The maximum Gasteiger partial charge on any atom is 0.305 e. The summed E-state index contributed by atoms with van der Waals surface area (Å²) >= 11 is 0. The van der Waals surface area contributed by atoms with E-state index in [1.165, 1.54) is 0 Å². The van der Waals surface area contributed by atoms with E-state index in [2.05, 4.69) is 6.58 Å². The largest absolute Gasteiger partial charge is 0.466 e. The fraction of sp³-hybridized carbons (Fsp3) is 0.542. The van der Waals surface area contributed by atoms with Gasteiger partial charge in [0, 0.05) is 19.3 Å². The van der Waals surface area contributed by atoms with Gasteiger partial charge in [-0.1, -0.05) is 43.0 Å². The molecule has 1 fully saturated rings. The lowest BCUT2D eigenvalue weighted by molar-refractivity contribution is -0.144. The van der Waals surface area contributed by atoms with Crippen LogP contribution in [0.2, 0.25) is 0 Å². The highest BCUT2D eigenvalue weighted by Crippen LogP contribution is 2.50. The van der Waals surface area contributed by atoms with Crippen molar-refractivity contribution in [3.05, 3.63) is 48.6 Å². The third-order valence-corrected chi connectivity index (χ3v) is 5.64. The molecule has 0 heterocycles. The summed E-state index contributed by atoms with van der Waals surface area (Å²) in [5.41, 5.74) is -0.706. The van der Waals surface area contributed by atoms with Gasteiger partial charge in [0.05, 0.1) is 19.8 Å². The highest BCUT2D eigenvalue weighted by atomic mass is 16.5. The lowest BCUT2D eigenvalue weighted by atomic mass is 9.76. The van der Waals surface area contributed by atoms with E-state index in [4.69, 9.17) is 14.2 Å². The fourth-order valence-corrected chi connectivity index (χ4v) is 4.05. The molecule has 6 nitrogen and oxygen atoms in total. The molecule has 30 heavy (non-hydrogen) atoms. The highest BCUT2D eigenvalue weighted by Gasteiger charge is 2.53. The van der Waals surface area contributed by atoms with Gasteiger partial charge in [0.1, 0.15) is 5.60 Å². The van der Waals surface area contributed by atoms with Gasteiger partial charge >= 0.3 is 11.9 Å². The second-order valence-corrected chi connectivity index (χ2v) is 7.75. The Morgan fingerprint density at radius 1 is 1.03 bits per heavy atom. The number of ketones is 1. The van der Waals surface area contributed by atoms with Gasteiger partial charge in [-0.2, -0.15) is 0 Å². The van der Waals surface area contributed by atoms with Crippen molar-refractivity contribution in [1.29, 1.82) is 0 Å². The van der Waals surface area contributed by atoms with Crippen molar-refractivity contribution in [2.75, 3.05) is 13.2 Å². The van der Waals surface area contributed by atoms with Crippen molar-refractivity contribution in [2.24, 2.45) is 5.41 Å². The Morgan fingerprint density at radius 2 is 1.60 bits per heavy atom. The van der Waals surface area contributed by atoms with Crippen molar-refractivity contribution in [1.82, 2.24) is 0 Å². The first-order valence-electron chi connectivity index (χ1n) is 10.5. The molecule has 0 spiro atoms. The second kappa shape index (κ2) is 11.1. The highest BCUT2D eigenvalue weighted by molar-refractivity contribution is 5.92. The van der Waals surface area contributed by atoms with E-state index in [0.717, 1.165) is 5.56 Å². The number of esters is 2. The topological polar surface area (TPSA) is 78.9 Å². The van der Waals surface area contributed by atoms with Crippen LogP contribution in [-0.2, 0) is 35.2 Å². The number of ether oxygens (including phenoxy) is 3. The molecule has 0 saturated heterocycles. The van der Waals surface area contributed by atoms with Crippen LogP contribution in [0.3, 0.4) is 0 Å². The monoisotopic (exact) mass is 416 g/mol. The predicted molar refractivity (Wildman–Crippen MR) is 113 cm³/mol. The minimum atomic E-state index is -1.13. The maximum absolute atomic E-state index is 13.1. The lowest BCUT2D eigenvalue weighted by Gasteiger charge is -2.31. The average molecular weight is 417 g/mol. The van der Waals surface area contributed by atoms with Gasteiger partial charge in [-0.3, -0.25) is 14.4 Å². The van der Waals surface area contributed by atoms with Crippen LogP contribution in [-0.4, -0.2) is 36.5 Å². The third-order valence-electron chi connectivity index (χ3n) is 5.64. The maximum atomic E-state index is 13.1. The number of Topliss-reactive ketones (excluding diaryl/α,β-unsaturated/α-hetero) is 1. The molecule has 2 rings (SSSR count). The van der Waals surface area contributed by atoms with E-state index >= 15 is 0 Å². The van der Waals surface area contributed by atoms with Crippen LogP contribution in [0.25, 0.3) is 0 Å². The Balaban J connectivity index is 2.16. The van der Waals surface area contributed by atoms with E-state index in [-0.39, 0.29) is 43.6 Å².